The summed E-state index contributed by atoms with van der Waals surface area (Å²) in [6.45, 7) is 3.23. The van der Waals surface area contributed by atoms with Crippen LogP contribution in [0.2, 0.25) is 0 Å². The molecule has 1 aromatic rings. The molecule has 0 saturated carbocycles. The van der Waals surface area contributed by atoms with E-state index in [1.807, 2.05) is 17.9 Å². The van der Waals surface area contributed by atoms with Crippen LogP contribution in [-0.2, 0) is 14.8 Å². The van der Waals surface area contributed by atoms with Gasteiger partial charge in [-0.1, -0.05) is 0 Å². The first-order chi connectivity index (χ1) is 10.7. The van der Waals surface area contributed by atoms with Crippen molar-refractivity contribution < 1.29 is 18.0 Å². The molecule has 1 atom stereocenters. The number of Topliss-reactive ketones (excluding diaryl/α,β-unsaturated/α-hetero) is 1. The summed E-state index contributed by atoms with van der Waals surface area (Å²) in [5, 5.41) is 0. The molecule has 9 heteroatoms. The molecular formula is C14H21N3O4S2. The number of thiophene rings is 1. The maximum Gasteiger partial charge on any atom is 0.254 e. The Kier molecular flexibility index (Phi) is 5.56. The zero-order valence-corrected chi connectivity index (χ0v) is 14.8. The minimum absolute atomic E-state index is 0.0175. The third kappa shape index (κ3) is 4.60. The van der Waals surface area contributed by atoms with Crippen LogP contribution in [-0.4, -0.2) is 55.3 Å². The quantitative estimate of drug-likeness (QED) is 0.358. The van der Waals surface area contributed by atoms with Crippen molar-refractivity contribution in [1.29, 1.82) is 0 Å². The summed E-state index contributed by atoms with van der Waals surface area (Å²) < 4.78 is 23.1. The van der Waals surface area contributed by atoms with Gasteiger partial charge in [-0.15, -0.1) is 11.3 Å². The average molecular weight is 359 g/mol. The number of hydrogen-bond acceptors (Lipinski definition) is 7. The number of nitrogens with zero attached hydrogens (tertiary/aromatic N) is 2. The molecule has 128 valence electrons. The minimum atomic E-state index is -3.75. The van der Waals surface area contributed by atoms with Crippen LogP contribution in [0.15, 0.2) is 12.1 Å². The molecule has 2 rings (SSSR count). The van der Waals surface area contributed by atoms with E-state index < -0.39 is 21.8 Å². The molecule has 0 bridgehead atoms. The van der Waals surface area contributed by atoms with Gasteiger partial charge in [-0.2, -0.15) is 4.41 Å². The van der Waals surface area contributed by atoms with E-state index in [1.165, 1.54) is 11.3 Å². The number of piperidine rings is 1. The van der Waals surface area contributed by atoms with Crippen molar-refractivity contribution in [2.24, 2.45) is 11.8 Å². The Bertz CT molecular complexity index is 699. The lowest BCUT2D eigenvalue weighted by molar-refractivity contribution is -0.132. The van der Waals surface area contributed by atoms with Gasteiger partial charge >= 0.3 is 0 Å². The third-order valence-electron chi connectivity index (χ3n) is 3.81. The predicted octanol–water partition coefficient (Wildman–Crippen LogP) is 0.613. The van der Waals surface area contributed by atoms with Gasteiger partial charge in [-0.3, -0.25) is 14.5 Å². The Morgan fingerprint density at radius 3 is 2.70 bits per heavy atom. The highest BCUT2D eigenvalue weighted by Gasteiger charge is 2.32. The first-order valence-electron chi connectivity index (χ1n) is 7.29. The van der Waals surface area contributed by atoms with Crippen molar-refractivity contribution in [3.8, 4) is 0 Å². The van der Waals surface area contributed by atoms with Crippen molar-refractivity contribution in [3.63, 3.8) is 0 Å². The first kappa shape index (κ1) is 18.1. The van der Waals surface area contributed by atoms with Gasteiger partial charge < -0.3 is 0 Å². The molecule has 0 spiro atoms. The Hall–Kier alpha value is -1.29. The highest BCUT2D eigenvalue weighted by molar-refractivity contribution is 7.88. The number of ketones is 1. The largest absolute Gasteiger partial charge is 0.295 e. The Labute approximate surface area is 140 Å². The number of aryl methyl sites for hydroxylation is 1. The van der Waals surface area contributed by atoms with Crippen molar-refractivity contribution in [1.82, 2.24) is 9.31 Å². The van der Waals surface area contributed by atoms with Crippen LogP contribution in [0.5, 0.6) is 0 Å². The molecule has 0 aromatic carbocycles. The SMILES string of the molecule is Cc1ccc(C(=O)CN2CCCC(C(=O)N(N)S(C)(=O)=O)C2)s1. The zero-order chi connectivity index (χ0) is 17.2. The van der Waals surface area contributed by atoms with Gasteiger partial charge in [-0.25, -0.2) is 14.3 Å². The minimum Gasteiger partial charge on any atom is -0.295 e. The van der Waals surface area contributed by atoms with Gasteiger partial charge in [0.15, 0.2) is 5.78 Å². The molecular weight excluding hydrogens is 338 g/mol. The smallest absolute Gasteiger partial charge is 0.254 e. The molecule has 1 amide bonds. The number of nitrogens with two attached hydrogens (primary N) is 1. The topological polar surface area (TPSA) is 101 Å². The van der Waals surface area contributed by atoms with Crippen LogP contribution in [0.3, 0.4) is 0 Å². The van der Waals surface area contributed by atoms with Gasteiger partial charge in [0.05, 0.1) is 23.6 Å². The lowest BCUT2D eigenvalue weighted by atomic mass is 9.97. The summed E-state index contributed by atoms with van der Waals surface area (Å²) in [6, 6.07) is 3.71. The van der Waals surface area contributed by atoms with E-state index in [1.54, 1.807) is 6.07 Å². The van der Waals surface area contributed by atoms with Crippen LogP contribution in [0.25, 0.3) is 0 Å². The summed E-state index contributed by atoms with van der Waals surface area (Å²) in [5.74, 6) is 4.28. The molecule has 7 nitrogen and oxygen atoms in total. The molecule has 1 unspecified atom stereocenters. The third-order valence-corrected chi connectivity index (χ3v) is 5.75. The summed E-state index contributed by atoms with van der Waals surface area (Å²) in [6.07, 6.45) is 2.20. The van der Waals surface area contributed by atoms with E-state index in [-0.39, 0.29) is 12.3 Å². The monoisotopic (exact) mass is 359 g/mol. The highest BCUT2D eigenvalue weighted by Crippen LogP contribution is 2.21. The second-order valence-electron chi connectivity index (χ2n) is 5.80. The van der Waals surface area contributed by atoms with E-state index in [0.29, 0.717) is 28.8 Å². The van der Waals surface area contributed by atoms with Crippen molar-refractivity contribution in [2.45, 2.75) is 19.8 Å². The fraction of sp³-hybridized carbons (Fsp3) is 0.571. The van der Waals surface area contributed by atoms with Crippen LogP contribution in [0.1, 0.15) is 27.4 Å². The second kappa shape index (κ2) is 7.08. The lowest BCUT2D eigenvalue weighted by Crippen LogP contribution is -2.50. The summed E-state index contributed by atoms with van der Waals surface area (Å²) in [4.78, 5) is 28.1. The van der Waals surface area contributed by atoms with E-state index in [2.05, 4.69) is 0 Å². The number of hydrazine groups is 1. The van der Waals surface area contributed by atoms with Gasteiger partial charge in [0.1, 0.15) is 0 Å². The van der Waals surface area contributed by atoms with Gasteiger partial charge in [0, 0.05) is 11.4 Å². The number of carbonyl (C=O) groups is 2. The molecule has 0 radical (unpaired) electrons. The van der Waals surface area contributed by atoms with E-state index in [0.717, 1.165) is 17.6 Å². The summed E-state index contributed by atoms with van der Waals surface area (Å²) in [7, 11) is -3.75. The van der Waals surface area contributed by atoms with Crippen LogP contribution in [0.4, 0.5) is 0 Å². The molecule has 1 aliphatic rings. The van der Waals surface area contributed by atoms with E-state index >= 15 is 0 Å². The number of hydrogen-bond donors (Lipinski definition) is 1. The Morgan fingerprint density at radius 2 is 2.13 bits per heavy atom. The van der Waals surface area contributed by atoms with Crippen molar-refractivity contribution >= 4 is 33.1 Å². The maximum absolute atomic E-state index is 12.2. The van der Waals surface area contributed by atoms with Gasteiger partial charge in [0.2, 0.25) is 10.0 Å². The van der Waals surface area contributed by atoms with Gasteiger partial charge in [0.25, 0.3) is 5.91 Å². The van der Waals surface area contributed by atoms with Gasteiger partial charge in [-0.05, 0) is 38.4 Å². The molecule has 2 heterocycles. The number of rotatable bonds is 5. The van der Waals surface area contributed by atoms with E-state index in [4.69, 9.17) is 5.84 Å². The Balaban J connectivity index is 1.98. The predicted molar refractivity (Wildman–Crippen MR) is 88.4 cm³/mol. The Morgan fingerprint density at radius 1 is 1.43 bits per heavy atom. The zero-order valence-electron chi connectivity index (χ0n) is 13.2. The van der Waals surface area contributed by atoms with Crippen LogP contribution < -0.4 is 5.84 Å². The maximum atomic E-state index is 12.2. The molecule has 23 heavy (non-hydrogen) atoms. The second-order valence-corrected chi connectivity index (χ2v) is 8.95. The molecule has 0 aliphatic carbocycles. The van der Waals surface area contributed by atoms with Crippen LogP contribution >= 0.6 is 11.3 Å². The summed E-state index contributed by atoms with van der Waals surface area (Å²) in [5.41, 5.74) is 0. The van der Waals surface area contributed by atoms with Crippen molar-refractivity contribution in [2.75, 3.05) is 25.9 Å². The molecule has 1 fully saturated rings. The molecule has 1 saturated heterocycles. The first-order valence-corrected chi connectivity index (χ1v) is 9.96. The number of likely N-dealkylation sites (tertiary alicyclic amines) is 1. The normalized spacial score (nSPS) is 19.5. The molecule has 1 aliphatic heterocycles. The van der Waals surface area contributed by atoms with E-state index in [9.17, 15) is 18.0 Å². The fourth-order valence-corrected chi connectivity index (χ4v) is 3.88. The number of carbonyl (C=O) groups excluding carboxylic acids is 2. The average Bonchev–Trinajstić information content (AvgIpc) is 2.91. The standard InChI is InChI=1S/C14H21N3O4S2/c1-10-5-6-13(22-10)12(18)9-16-7-3-4-11(8-16)14(19)17(15)23(2,20)21/h5-6,11H,3-4,7-9,15H2,1-2H3. The number of amides is 1. The highest BCUT2D eigenvalue weighted by atomic mass is 32.2. The fourth-order valence-electron chi connectivity index (χ4n) is 2.61. The summed E-state index contributed by atoms with van der Waals surface area (Å²) >= 11 is 1.45. The lowest BCUT2D eigenvalue weighted by Gasteiger charge is -2.32. The molecule has 2 N–H and O–H groups in total. The molecule has 1 aromatic heterocycles. The van der Waals surface area contributed by atoms with Crippen LogP contribution in [0, 0.1) is 12.8 Å². The number of sulfonamides is 1. The van der Waals surface area contributed by atoms with Crippen molar-refractivity contribution in [3.05, 3.63) is 21.9 Å².